The minimum atomic E-state index is 0. The largest absolute Gasteiger partial charge is 0.488 e. The summed E-state index contributed by atoms with van der Waals surface area (Å²) >= 11 is 0. The summed E-state index contributed by atoms with van der Waals surface area (Å²) in [5.74, 6) is 2.29. The van der Waals surface area contributed by atoms with Crippen LogP contribution in [0.4, 0.5) is 0 Å². The van der Waals surface area contributed by atoms with E-state index in [4.69, 9.17) is 14.2 Å². The maximum absolute atomic E-state index is 5.95. The zero-order valence-corrected chi connectivity index (χ0v) is 18.5. The molecule has 1 atom stereocenters. The minimum absolute atomic E-state index is 0. The molecule has 0 saturated carbocycles. The molecule has 3 rings (SSSR count). The van der Waals surface area contributed by atoms with Gasteiger partial charge in [-0.3, -0.25) is 4.99 Å². The summed E-state index contributed by atoms with van der Waals surface area (Å²) in [5, 5.41) is 6.61. The SMILES string of the molecule is CN=C(NCc1cccnc1OCCOC)NCC1Cc2ccccc2O1.I. The number of nitrogens with one attached hydrogen (secondary N) is 2. The lowest BCUT2D eigenvalue weighted by atomic mass is 10.1. The highest BCUT2D eigenvalue weighted by Gasteiger charge is 2.22. The summed E-state index contributed by atoms with van der Waals surface area (Å²) in [6, 6.07) is 12.0. The maximum atomic E-state index is 5.95. The Hall–Kier alpha value is -2.07. The zero-order chi connectivity index (χ0) is 18.9. The van der Waals surface area contributed by atoms with Crippen LogP contribution in [0.2, 0.25) is 0 Å². The number of benzene rings is 1. The van der Waals surface area contributed by atoms with Crippen LogP contribution in [0.15, 0.2) is 47.6 Å². The third-order valence-corrected chi connectivity index (χ3v) is 4.26. The van der Waals surface area contributed by atoms with Gasteiger partial charge in [0.1, 0.15) is 18.5 Å². The van der Waals surface area contributed by atoms with Gasteiger partial charge in [-0.1, -0.05) is 24.3 Å². The average molecular weight is 498 g/mol. The molecule has 152 valence electrons. The number of rotatable bonds is 8. The van der Waals surface area contributed by atoms with Crippen molar-refractivity contribution in [3.63, 3.8) is 0 Å². The minimum Gasteiger partial charge on any atom is -0.488 e. The first kappa shape index (κ1) is 22.2. The molecule has 1 unspecified atom stereocenters. The highest BCUT2D eigenvalue weighted by Crippen LogP contribution is 2.27. The number of aromatic nitrogens is 1. The van der Waals surface area contributed by atoms with Crippen LogP contribution < -0.4 is 20.1 Å². The van der Waals surface area contributed by atoms with Crippen LogP contribution >= 0.6 is 24.0 Å². The standard InChI is InChI=1S/C20H26N4O3.HI/c1-21-20(24-14-17-12-15-6-3-4-8-18(15)27-17)23-13-16-7-5-9-22-19(16)26-11-10-25-2;/h3-9,17H,10-14H2,1-2H3,(H2,21,23,24);1H. The van der Waals surface area contributed by atoms with Gasteiger partial charge >= 0.3 is 0 Å². The van der Waals surface area contributed by atoms with E-state index < -0.39 is 0 Å². The normalized spacial score (nSPS) is 15.2. The highest BCUT2D eigenvalue weighted by atomic mass is 127. The van der Waals surface area contributed by atoms with Crippen LogP contribution in [-0.2, 0) is 17.7 Å². The number of hydrogen-bond acceptors (Lipinski definition) is 5. The number of para-hydroxylation sites is 1. The fraction of sp³-hybridized carbons (Fsp3) is 0.400. The van der Waals surface area contributed by atoms with Crippen molar-refractivity contribution in [1.29, 1.82) is 0 Å². The Kier molecular flexibility index (Phi) is 9.29. The van der Waals surface area contributed by atoms with E-state index in [0.717, 1.165) is 17.7 Å². The molecule has 0 radical (unpaired) electrons. The first-order chi connectivity index (χ1) is 13.3. The monoisotopic (exact) mass is 498 g/mol. The number of guanidine groups is 1. The van der Waals surface area contributed by atoms with Crippen LogP contribution in [0.1, 0.15) is 11.1 Å². The van der Waals surface area contributed by atoms with Crippen molar-refractivity contribution in [1.82, 2.24) is 15.6 Å². The lowest BCUT2D eigenvalue weighted by Gasteiger charge is -2.16. The van der Waals surface area contributed by atoms with Crippen molar-refractivity contribution in [3.8, 4) is 11.6 Å². The molecule has 2 aromatic rings. The molecule has 0 bridgehead atoms. The second-order valence-corrected chi connectivity index (χ2v) is 6.17. The molecule has 8 heteroatoms. The number of pyridine rings is 1. The Bertz CT molecular complexity index is 748. The summed E-state index contributed by atoms with van der Waals surface area (Å²) in [4.78, 5) is 8.56. The van der Waals surface area contributed by atoms with E-state index >= 15 is 0 Å². The smallest absolute Gasteiger partial charge is 0.218 e. The Labute approximate surface area is 182 Å². The maximum Gasteiger partial charge on any atom is 0.218 e. The number of halogens is 1. The van der Waals surface area contributed by atoms with Crippen LogP contribution in [0.5, 0.6) is 11.6 Å². The predicted molar refractivity (Wildman–Crippen MR) is 120 cm³/mol. The fourth-order valence-electron chi connectivity index (χ4n) is 2.89. The van der Waals surface area contributed by atoms with Crippen molar-refractivity contribution < 1.29 is 14.2 Å². The molecule has 0 amide bonds. The van der Waals surface area contributed by atoms with E-state index in [1.165, 1.54) is 5.56 Å². The van der Waals surface area contributed by atoms with E-state index in [2.05, 4.69) is 26.7 Å². The molecule has 1 aromatic heterocycles. The second-order valence-electron chi connectivity index (χ2n) is 6.17. The fourth-order valence-corrected chi connectivity index (χ4v) is 2.89. The molecule has 28 heavy (non-hydrogen) atoms. The Morgan fingerprint density at radius 1 is 1.21 bits per heavy atom. The molecule has 1 aliphatic rings. The predicted octanol–water partition coefficient (Wildman–Crippen LogP) is 2.39. The van der Waals surface area contributed by atoms with Crippen molar-refractivity contribution in [2.45, 2.75) is 19.1 Å². The van der Waals surface area contributed by atoms with Gasteiger partial charge in [0.05, 0.1) is 13.2 Å². The highest BCUT2D eigenvalue weighted by molar-refractivity contribution is 14.0. The summed E-state index contributed by atoms with van der Waals surface area (Å²) in [5.41, 5.74) is 2.21. The molecule has 0 fully saturated rings. The molecular formula is C20H27IN4O3. The lowest BCUT2D eigenvalue weighted by Crippen LogP contribution is -2.42. The van der Waals surface area contributed by atoms with Gasteiger partial charge in [-0.25, -0.2) is 4.98 Å². The lowest BCUT2D eigenvalue weighted by molar-refractivity contribution is 0.143. The van der Waals surface area contributed by atoms with E-state index in [-0.39, 0.29) is 30.1 Å². The number of aliphatic imine (C=N–C) groups is 1. The molecule has 0 aliphatic carbocycles. The summed E-state index contributed by atoms with van der Waals surface area (Å²) < 4.78 is 16.6. The van der Waals surface area contributed by atoms with Crippen molar-refractivity contribution in [2.75, 3.05) is 33.9 Å². The zero-order valence-electron chi connectivity index (χ0n) is 16.2. The van der Waals surface area contributed by atoms with Gasteiger partial charge in [0.2, 0.25) is 5.88 Å². The Morgan fingerprint density at radius 3 is 2.86 bits per heavy atom. The van der Waals surface area contributed by atoms with Crippen LogP contribution in [0, 0.1) is 0 Å². The van der Waals surface area contributed by atoms with Crippen LogP contribution in [-0.4, -0.2) is 51.0 Å². The molecule has 1 aliphatic heterocycles. The topological polar surface area (TPSA) is 77.0 Å². The van der Waals surface area contributed by atoms with Crippen molar-refractivity contribution in [2.24, 2.45) is 4.99 Å². The van der Waals surface area contributed by atoms with Gasteiger partial charge in [-0.15, -0.1) is 24.0 Å². The van der Waals surface area contributed by atoms with Gasteiger partial charge in [0, 0.05) is 38.9 Å². The molecule has 2 heterocycles. The number of fused-ring (bicyclic) bond motifs is 1. The third-order valence-electron chi connectivity index (χ3n) is 4.26. The molecule has 0 spiro atoms. The van der Waals surface area contributed by atoms with Gasteiger partial charge in [0.25, 0.3) is 0 Å². The molecule has 7 nitrogen and oxygen atoms in total. The first-order valence-electron chi connectivity index (χ1n) is 9.05. The average Bonchev–Trinajstić information content (AvgIpc) is 3.12. The molecule has 1 aromatic carbocycles. The second kappa shape index (κ2) is 11.7. The van der Waals surface area contributed by atoms with E-state index in [1.807, 2.05) is 30.3 Å². The van der Waals surface area contributed by atoms with Gasteiger partial charge in [-0.05, 0) is 17.7 Å². The number of methoxy groups -OCH3 is 1. The molecule has 2 N–H and O–H groups in total. The Balaban J connectivity index is 0.00000280. The first-order valence-corrected chi connectivity index (χ1v) is 9.05. The number of ether oxygens (including phenoxy) is 3. The van der Waals surface area contributed by atoms with Crippen molar-refractivity contribution >= 4 is 29.9 Å². The van der Waals surface area contributed by atoms with Gasteiger partial charge in [0.15, 0.2) is 5.96 Å². The number of hydrogen-bond donors (Lipinski definition) is 2. The van der Waals surface area contributed by atoms with Crippen molar-refractivity contribution in [3.05, 3.63) is 53.7 Å². The summed E-state index contributed by atoms with van der Waals surface area (Å²) in [6.45, 7) is 2.23. The van der Waals surface area contributed by atoms with Gasteiger partial charge in [-0.2, -0.15) is 0 Å². The van der Waals surface area contributed by atoms with E-state index in [0.29, 0.717) is 38.1 Å². The Morgan fingerprint density at radius 2 is 2.07 bits per heavy atom. The van der Waals surface area contributed by atoms with Crippen LogP contribution in [0.25, 0.3) is 0 Å². The third kappa shape index (κ3) is 6.23. The summed E-state index contributed by atoms with van der Waals surface area (Å²) in [7, 11) is 3.39. The van der Waals surface area contributed by atoms with E-state index in [1.54, 1.807) is 20.4 Å². The molecule has 0 saturated heterocycles. The molecular weight excluding hydrogens is 471 g/mol. The van der Waals surface area contributed by atoms with Crippen LogP contribution in [0.3, 0.4) is 0 Å². The quantitative estimate of drug-likeness (QED) is 0.252. The number of nitrogens with zero attached hydrogens (tertiary/aromatic N) is 2. The summed E-state index contributed by atoms with van der Waals surface area (Å²) in [6.07, 6.45) is 2.72. The van der Waals surface area contributed by atoms with E-state index in [9.17, 15) is 0 Å². The van der Waals surface area contributed by atoms with Gasteiger partial charge < -0.3 is 24.8 Å².